The van der Waals surface area contributed by atoms with Gasteiger partial charge in [0.1, 0.15) is 6.33 Å². The molecular weight excluding hydrogens is 124 g/mol. The molecule has 1 aromatic heterocycles. The molecule has 0 atom stereocenters. The van der Waals surface area contributed by atoms with Crippen LogP contribution in [-0.2, 0) is 6.42 Å². The molecule has 2 heteroatoms. The third kappa shape index (κ3) is 1.32. The van der Waals surface area contributed by atoms with E-state index in [1.54, 1.807) is 0 Å². The summed E-state index contributed by atoms with van der Waals surface area (Å²) in [6.45, 7) is 0. The number of hydrogen-bond acceptors (Lipinski definition) is 2. The van der Waals surface area contributed by atoms with Crippen LogP contribution < -0.4 is 0 Å². The van der Waals surface area contributed by atoms with Crippen LogP contribution in [0.4, 0.5) is 0 Å². The van der Waals surface area contributed by atoms with Gasteiger partial charge < -0.3 is 0 Å². The van der Waals surface area contributed by atoms with Crippen molar-refractivity contribution in [3.63, 3.8) is 0 Å². The predicted octanol–water partition coefficient (Wildman–Crippen LogP) is 1.23. The van der Waals surface area contributed by atoms with Crippen LogP contribution >= 0.6 is 0 Å². The molecule has 1 saturated carbocycles. The summed E-state index contributed by atoms with van der Waals surface area (Å²) in [5.74, 6) is 0.905. The van der Waals surface area contributed by atoms with Gasteiger partial charge in [-0.15, -0.1) is 0 Å². The topological polar surface area (TPSA) is 25.8 Å². The summed E-state index contributed by atoms with van der Waals surface area (Å²) in [6, 6.07) is 0. The van der Waals surface area contributed by atoms with Crippen LogP contribution in [0.15, 0.2) is 12.5 Å². The van der Waals surface area contributed by atoms with E-state index >= 15 is 0 Å². The van der Waals surface area contributed by atoms with Crippen molar-refractivity contribution in [1.82, 2.24) is 9.97 Å². The van der Waals surface area contributed by atoms with Crippen molar-refractivity contribution in [2.75, 3.05) is 0 Å². The van der Waals surface area contributed by atoms with Crippen molar-refractivity contribution in [1.29, 1.82) is 0 Å². The van der Waals surface area contributed by atoms with Gasteiger partial charge in [0.2, 0.25) is 0 Å². The Balaban J connectivity index is 2.03. The van der Waals surface area contributed by atoms with Crippen molar-refractivity contribution in [2.24, 2.45) is 5.92 Å². The first-order valence-corrected chi connectivity index (χ1v) is 3.62. The molecule has 0 spiro atoms. The molecule has 0 N–H and O–H groups in total. The molecule has 0 unspecified atom stereocenters. The van der Waals surface area contributed by atoms with Crippen molar-refractivity contribution in [3.05, 3.63) is 24.3 Å². The lowest BCUT2D eigenvalue weighted by Gasteiger charge is -1.93. The molecule has 0 aromatic carbocycles. The van der Waals surface area contributed by atoms with Crippen LogP contribution in [0.3, 0.4) is 0 Å². The Bertz CT molecular complexity index is 204. The normalized spacial score (nSPS) is 17.2. The summed E-state index contributed by atoms with van der Waals surface area (Å²) in [4.78, 5) is 7.75. The van der Waals surface area contributed by atoms with Crippen LogP contribution in [-0.4, -0.2) is 9.97 Å². The fourth-order valence-electron chi connectivity index (χ4n) is 1.03. The van der Waals surface area contributed by atoms with E-state index in [4.69, 9.17) is 0 Å². The van der Waals surface area contributed by atoms with Gasteiger partial charge in [-0.3, -0.25) is 0 Å². The minimum absolute atomic E-state index is 0.905. The number of aromatic nitrogens is 2. The molecule has 1 aromatic rings. The van der Waals surface area contributed by atoms with Crippen LogP contribution in [0, 0.1) is 12.1 Å². The van der Waals surface area contributed by atoms with Crippen LogP contribution in [0.5, 0.6) is 0 Å². The summed E-state index contributed by atoms with van der Waals surface area (Å²) in [5, 5.41) is 0. The Hall–Kier alpha value is -0.920. The second-order valence-corrected chi connectivity index (χ2v) is 2.81. The van der Waals surface area contributed by atoms with Gasteiger partial charge in [-0.05, 0) is 30.7 Å². The Labute approximate surface area is 60.3 Å². The Morgan fingerprint density at radius 1 is 1.60 bits per heavy atom. The van der Waals surface area contributed by atoms with E-state index in [1.807, 2.05) is 6.20 Å². The van der Waals surface area contributed by atoms with Gasteiger partial charge in [-0.2, -0.15) is 0 Å². The molecule has 1 heterocycles. The monoisotopic (exact) mass is 133 g/mol. The van der Waals surface area contributed by atoms with Gasteiger partial charge in [-0.1, -0.05) is 0 Å². The minimum Gasteiger partial charge on any atom is -0.244 e. The van der Waals surface area contributed by atoms with E-state index in [9.17, 15) is 0 Å². The third-order valence-electron chi connectivity index (χ3n) is 1.77. The number of rotatable bonds is 2. The quantitative estimate of drug-likeness (QED) is 0.606. The lowest BCUT2D eigenvalue weighted by Crippen LogP contribution is -1.89. The smallest absolute Gasteiger partial charge is 0.116 e. The number of hydrogen-bond donors (Lipinski definition) is 0. The Morgan fingerprint density at radius 2 is 2.50 bits per heavy atom. The summed E-state index contributed by atoms with van der Waals surface area (Å²) >= 11 is 0. The van der Waals surface area contributed by atoms with Gasteiger partial charge in [0.25, 0.3) is 0 Å². The second-order valence-electron chi connectivity index (χ2n) is 2.81. The van der Waals surface area contributed by atoms with E-state index in [0.29, 0.717) is 0 Å². The molecule has 1 aliphatic rings. The highest BCUT2D eigenvalue weighted by Gasteiger charge is 2.21. The average molecular weight is 133 g/mol. The summed E-state index contributed by atoms with van der Waals surface area (Å²) in [5.41, 5.74) is 1.16. The summed E-state index contributed by atoms with van der Waals surface area (Å²) in [7, 11) is 0. The molecule has 1 aliphatic carbocycles. The SMILES string of the molecule is [c]1ncncc1CC1CC1. The van der Waals surface area contributed by atoms with Crippen LogP contribution in [0.1, 0.15) is 18.4 Å². The van der Waals surface area contributed by atoms with Crippen LogP contribution in [0.25, 0.3) is 0 Å². The van der Waals surface area contributed by atoms with Gasteiger partial charge in [0.15, 0.2) is 0 Å². The summed E-state index contributed by atoms with van der Waals surface area (Å²) < 4.78 is 0. The molecule has 51 valence electrons. The predicted molar refractivity (Wildman–Crippen MR) is 37.3 cm³/mol. The van der Waals surface area contributed by atoms with E-state index < -0.39 is 0 Å². The molecule has 0 aliphatic heterocycles. The lowest BCUT2D eigenvalue weighted by molar-refractivity contribution is 0.818. The van der Waals surface area contributed by atoms with E-state index in [0.717, 1.165) is 17.9 Å². The molecule has 10 heavy (non-hydrogen) atoms. The first-order chi connectivity index (χ1) is 4.95. The zero-order chi connectivity index (χ0) is 6.81. The summed E-state index contributed by atoms with van der Waals surface area (Å²) in [6.07, 6.45) is 10.2. The van der Waals surface area contributed by atoms with E-state index in [1.165, 1.54) is 19.2 Å². The average Bonchev–Trinajstić information content (AvgIpc) is 2.74. The maximum absolute atomic E-state index is 3.92. The highest BCUT2D eigenvalue weighted by molar-refractivity contribution is 5.03. The zero-order valence-electron chi connectivity index (χ0n) is 5.75. The van der Waals surface area contributed by atoms with Crippen LogP contribution in [0.2, 0.25) is 0 Å². The largest absolute Gasteiger partial charge is 0.244 e. The molecule has 0 amide bonds. The number of nitrogens with zero attached hydrogens (tertiary/aromatic N) is 2. The van der Waals surface area contributed by atoms with Gasteiger partial charge >= 0.3 is 0 Å². The zero-order valence-corrected chi connectivity index (χ0v) is 5.75. The van der Waals surface area contributed by atoms with Crippen molar-refractivity contribution >= 4 is 0 Å². The Kier molecular flexibility index (Phi) is 1.38. The molecular formula is C8H9N2. The standard InChI is InChI=1S/C8H9N2/c1-2-7(1)3-8-4-9-6-10-5-8/h4,6-7H,1-3H2. The van der Waals surface area contributed by atoms with Gasteiger partial charge in [-0.25, -0.2) is 9.97 Å². The Morgan fingerprint density at radius 3 is 3.10 bits per heavy atom. The first-order valence-electron chi connectivity index (χ1n) is 3.62. The molecule has 1 radical (unpaired) electrons. The van der Waals surface area contributed by atoms with Crippen molar-refractivity contribution < 1.29 is 0 Å². The fraction of sp³-hybridized carbons (Fsp3) is 0.500. The van der Waals surface area contributed by atoms with E-state index in [2.05, 4.69) is 16.2 Å². The van der Waals surface area contributed by atoms with Gasteiger partial charge in [0, 0.05) is 6.20 Å². The molecule has 1 fully saturated rings. The molecule has 2 nitrogen and oxygen atoms in total. The molecule has 0 bridgehead atoms. The highest BCUT2D eigenvalue weighted by atomic mass is 14.8. The highest BCUT2D eigenvalue weighted by Crippen LogP contribution is 2.31. The van der Waals surface area contributed by atoms with E-state index in [-0.39, 0.29) is 0 Å². The maximum atomic E-state index is 3.92. The first kappa shape index (κ1) is 5.83. The molecule has 0 saturated heterocycles. The third-order valence-corrected chi connectivity index (χ3v) is 1.77. The van der Waals surface area contributed by atoms with Crippen molar-refractivity contribution in [3.8, 4) is 0 Å². The molecule has 2 rings (SSSR count). The second kappa shape index (κ2) is 2.37. The lowest BCUT2D eigenvalue weighted by atomic mass is 10.2. The van der Waals surface area contributed by atoms with Gasteiger partial charge in [0.05, 0.1) is 6.20 Å². The minimum atomic E-state index is 0.905. The maximum Gasteiger partial charge on any atom is 0.116 e. The van der Waals surface area contributed by atoms with Crippen molar-refractivity contribution in [2.45, 2.75) is 19.3 Å². The fourth-order valence-corrected chi connectivity index (χ4v) is 1.03.